The molecular formula is C8H16NP. The Morgan fingerprint density at radius 2 is 2.20 bits per heavy atom. The molecule has 0 amide bonds. The lowest BCUT2D eigenvalue weighted by Crippen LogP contribution is -2.23. The second-order valence-corrected chi connectivity index (χ2v) is 4.24. The molecule has 0 aromatic carbocycles. The highest BCUT2D eigenvalue weighted by Crippen LogP contribution is 2.32. The maximum absolute atomic E-state index is 7.12. The molecule has 1 saturated carbocycles. The zero-order valence-corrected chi connectivity index (χ0v) is 7.66. The van der Waals surface area contributed by atoms with Crippen molar-refractivity contribution in [1.82, 2.24) is 0 Å². The Kier molecular flexibility index (Phi) is 2.85. The summed E-state index contributed by atoms with van der Waals surface area (Å²) < 4.78 is 0. The van der Waals surface area contributed by atoms with E-state index in [1.54, 1.807) is 6.21 Å². The summed E-state index contributed by atoms with van der Waals surface area (Å²) in [5.41, 5.74) is 0.750. The molecule has 3 unspecified atom stereocenters. The van der Waals surface area contributed by atoms with Gasteiger partial charge in [0.15, 0.2) is 0 Å². The molecule has 0 aromatic rings. The van der Waals surface area contributed by atoms with E-state index in [9.17, 15) is 0 Å². The fraction of sp³-hybridized carbons (Fsp3) is 0.875. The predicted octanol–water partition coefficient (Wildman–Crippen LogP) is 2.32. The van der Waals surface area contributed by atoms with Gasteiger partial charge >= 0.3 is 0 Å². The van der Waals surface area contributed by atoms with Gasteiger partial charge < -0.3 is 5.41 Å². The summed E-state index contributed by atoms with van der Waals surface area (Å²) in [5.74, 6) is 1.42. The van der Waals surface area contributed by atoms with Crippen LogP contribution in [0.1, 0.15) is 26.2 Å². The fourth-order valence-corrected chi connectivity index (χ4v) is 2.08. The van der Waals surface area contributed by atoms with E-state index in [0.29, 0.717) is 5.92 Å². The molecule has 1 nitrogen and oxygen atoms in total. The van der Waals surface area contributed by atoms with Gasteiger partial charge in [-0.15, -0.1) is 9.24 Å². The second-order valence-electron chi connectivity index (χ2n) is 3.38. The van der Waals surface area contributed by atoms with Crippen LogP contribution in [0.15, 0.2) is 0 Å². The summed E-state index contributed by atoms with van der Waals surface area (Å²) in [6, 6.07) is 0. The van der Waals surface area contributed by atoms with E-state index in [1.165, 1.54) is 19.3 Å². The third kappa shape index (κ3) is 1.79. The molecule has 4 atom stereocenters. The van der Waals surface area contributed by atoms with Gasteiger partial charge in [-0.05, 0) is 43.0 Å². The molecule has 1 aliphatic rings. The van der Waals surface area contributed by atoms with Crippen LogP contribution in [0.3, 0.4) is 0 Å². The van der Waals surface area contributed by atoms with E-state index >= 15 is 0 Å². The first-order valence-corrected chi connectivity index (χ1v) is 4.67. The van der Waals surface area contributed by atoms with Crippen molar-refractivity contribution in [3.05, 3.63) is 0 Å². The van der Waals surface area contributed by atoms with Crippen molar-refractivity contribution in [2.24, 2.45) is 11.8 Å². The molecule has 1 fully saturated rings. The third-order valence-corrected chi connectivity index (χ3v) is 3.46. The van der Waals surface area contributed by atoms with Gasteiger partial charge in [-0.25, -0.2) is 0 Å². The largest absolute Gasteiger partial charge is 0.313 e. The number of rotatable bonds is 1. The smallest absolute Gasteiger partial charge is 0.00165 e. The monoisotopic (exact) mass is 157 g/mol. The van der Waals surface area contributed by atoms with Crippen LogP contribution in [-0.4, -0.2) is 11.9 Å². The van der Waals surface area contributed by atoms with E-state index in [-0.39, 0.29) is 0 Å². The summed E-state index contributed by atoms with van der Waals surface area (Å²) in [4.78, 5) is 0. The van der Waals surface area contributed by atoms with Crippen molar-refractivity contribution in [1.29, 1.82) is 5.41 Å². The first kappa shape index (κ1) is 8.20. The first-order valence-electron chi connectivity index (χ1n) is 4.00. The Balaban J connectivity index is 2.40. The Labute approximate surface area is 65.3 Å². The van der Waals surface area contributed by atoms with Crippen LogP contribution in [-0.2, 0) is 0 Å². The summed E-state index contributed by atoms with van der Waals surface area (Å²) in [6.07, 6.45) is 5.35. The van der Waals surface area contributed by atoms with Crippen molar-refractivity contribution in [2.45, 2.75) is 31.8 Å². The topological polar surface area (TPSA) is 23.9 Å². The summed E-state index contributed by atoms with van der Waals surface area (Å²) in [7, 11) is 2.90. The third-order valence-electron chi connectivity index (χ3n) is 2.53. The van der Waals surface area contributed by atoms with E-state index in [4.69, 9.17) is 5.41 Å². The van der Waals surface area contributed by atoms with Crippen molar-refractivity contribution >= 4 is 15.5 Å². The van der Waals surface area contributed by atoms with Gasteiger partial charge in [0.25, 0.3) is 0 Å². The van der Waals surface area contributed by atoms with Gasteiger partial charge in [0.2, 0.25) is 0 Å². The van der Waals surface area contributed by atoms with E-state index in [1.807, 2.05) is 0 Å². The van der Waals surface area contributed by atoms with Gasteiger partial charge in [-0.2, -0.15) is 0 Å². The Morgan fingerprint density at radius 1 is 1.50 bits per heavy atom. The van der Waals surface area contributed by atoms with Gasteiger partial charge in [-0.1, -0.05) is 6.92 Å². The molecule has 1 aliphatic carbocycles. The lowest BCUT2D eigenvalue weighted by atomic mass is 9.83. The summed E-state index contributed by atoms with van der Waals surface area (Å²) in [6.45, 7) is 2.30. The molecule has 0 saturated heterocycles. The van der Waals surface area contributed by atoms with Crippen molar-refractivity contribution in [2.75, 3.05) is 0 Å². The van der Waals surface area contributed by atoms with Crippen LogP contribution < -0.4 is 0 Å². The lowest BCUT2D eigenvalue weighted by Gasteiger charge is -2.29. The van der Waals surface area contributed by atoms with Crippen LogP contribution in [0.25, 0.3) is 0 Å². The number of hydrogen-bond acceptors (Lipinski definition) is 1. The zero-order chi connectivity index (χ0) is 7.56. The minimum atomic E-state index is 0.568. The fourth-order valence-electron chi connectivity index (χ4n) is 1.54. The van der Waals surface area contributed by atoms with Crippen molar-refractivity contribution < 1.29 is 0 Å². The van der Waals surface area contributed by atoms with Crippen LogP contribution in [0.4, 0.5) is 0 Å². The molecule has 1 N–H and O–H groups in total. The average Bonchev–Trinajstić information content (AvgIpc) is 1.95. The lowest BCUT2D eigenvalue weighted by molar-refractivity contribution is 0.358. The molecular weight excluding hydrogens is 141 g/mol. The molecule has 1 rings (SSSR count). The van der Waals surface area contributed by atoms with E-state index in [0.717, 1.165) is 11.6 Å². The zero-order valence-electron chi connectivity index (χ0n) is 6.51. The summed E-state index contributed by atoms with van der Waals surface area (Å²) in [5, 5.41) is 7.12. The van der Waals surface area contributed by atoms with E-state index < -0.39 is 0 Å². The summed E-state index contributed by atoms with van der Waals surface area (Å²) >= 11 is 0. The molecule has 0 aliphatic heterocycles. The Morgan fingerprint density at radius 3 is 2.70 bits per heavy atom. The minimum absolute atomic E-state index is 0.568. The molecule has 0 aromatic heterocycles. The van der Waals surface area contributed by atoms with Crippen LogP contribution in [0.5, 0.6) is 0 Å². The Hall–Kier alpha value is 0.100. The second kappa shape index (κ2) is 3.48. The molecule has 10 heavy (non-hydrogen) atoms. The van der Waals surface area contributed by atoms with Crippen molar-refractivity contribution in [3.63, 3.8) is 0 Å². The molecule has 0 radical (unpaired) electrons. The first-order chi connectivity index (χ1) is 4.74. The Bertz CT molecular complexity index is 124. The van der Waals surface area contributed by atoms with Crippen LogP contribution in [0, 0.1) is 17.2 Å². The molecule has 2 heteroatoms. The highest BCUT2D eigenvalue weighted by Gasteiger charge is 2.22. The number of nitrogens with one attached hydrogen (secondary N) is 1. The maximum atomic E-state index is 7.12. The predicted molar refractivity (Wildman–Crippen MR) is 48.8 cm³/mol. The van der Waals surface area contributed by atoms with Crippen LogP contribution in [0.2, 0.25) is 0 Å². The minimum Gasteiger partial charge on any atom is -0.313 e. The van der Waals surface area contributed by atoms with E-state index in [2.05, 4.69) is 16.2 Å². The molecule has 0 spiro atoms. The SMILES string of the molecule is CC1CCC(C=N)C[C@@H]1P. The highest BCUT2D eigenvalue weighted by atomic mass is 31.0. The standard InChI is InChI=1S/C8H16NP/c1-6-2-3-7(5-9)4-8(6)10/h5-9H,2-4,10H2,1H3/t6?,7?,8-/m0/s1. The molecule has 58 valence electrons. The quantitative estimate of drug-likeness (QED) is 0.446. The van der Waals surface area contributed by atoms with Crippen LogP contribution >= 0.6 is 9.24 Å². The highest BCUT2D eigenvalue weighted by molar-refractivity contribution is 7.17. The average molecular weight is 157 g/mol. The molecule has 0 bridgehead atoms. The van der Waals surface area contributed by atoms with Gasteiger partial charge in [0, 0.05) is 0 Å². The number of hydrogen-bond donors (Lipinski definition) is 1. The van der Waals surface area contributed by atoms with Gasteiger partial charge in [-0.3, -0.25) is 0 Å². The molecule has 0 heterocycles. The normalized spacial score (nSPS) is 41.2. The van der Waals surface area contributed by atoms with Gasteiger partial charge in [0.1, 0.15) is 0 Å². The maximum Gasteiger partial charge on any atom is -0.00165 e. The van der Waals surface area contributed by atoms with Gasteiger partial charge in [0.05, 0.1) is 0 Å². The van der Waals surface area contributed by atoms with Crippen molar-refractivity contribution in [3.8, 4) is 0 Å².